The van der Waals surface area contributed by atoms with Gasteiger partial charge in [-0.25, -0.2) is 0 Å². The van der Waals surface area contributed by atoms with Gasteiger partial charge < -0.3 is 10.1 Å². The van der Waals surface area contributed by atoms with Crippen molar-refractivity contribution < 1.29 is 4.74 Å². The summed E-state index contributed by atoms with van der Waals surface area (Å²) in [5.41, 5.74) is 2.34. The largest absolute Gasteiger partial charge is 0.376 e. The standard InChI is InChI=1S/C13H21N3O/c1-9-7-11(16(2)15-9)8-14-12-5-6-17-13(12)10-3-4-10/h7,10,12-14H,3-6,8H2,1-2H3. The Kier molecular flexibility index (Phi) is 2.92. The fourth-order valence-electron chi connectivity index (χ4n) is 2.78. The highest BCUT2D eigenvalue weighted by Gasteiger charge is 2.40. The number of ether oxygens (including phenoxy) is 1. The molecule has 4 heteroatoms. The van der Waals surface area contributed by atoms with Gasteiger partial charge in [0.15, 0.2) is 0 Å². The van der Waals surface area contributed by atoms with Crippen LogP contribution in [0.2, 0.25) is 0 Å². The molecule has 0 spiro atoms. The Morgan fingerprint density at radius 3 is 2.94 bits per heavy atom. The average Bonchev–Trinajstić information content (AvgIpc) is 2.94. The fraction of sp³-hybridized carbons (Fsp3) is 0.769. The average molecular weight is 235 g/mol. The minimum atomic E-state index is 0.462. The van der Waals surface area contributed by atoms with Gasteiger partial charge in [-0.05, 0) is 38.2 Å². The van der Waals surface area contributed by atoms with Gasteiger partial charge in [0.25, 0.3) is 0 Å². The minimum absolute atomic E-state index is 0.462. The van der Waals surface area contributed by atoms with Gasteiger partial charge in [-0.2, -0.15) is 5.10 Å². The maximum atomic E-state index is 5.83. The Balaban J connectivity index is 1.58. The fourth-order valence-corrected chi connectivity index (χ4v) is 2.78. The van der Waals surface area contributed by atoms with Crippen molar-refractivity contribution in [1.29, 1.82) is 0 Å². The molecule has 3 rings (SSSR count). The Morgan fingerprint density at radius 2 is 2.29 bits per heavy atom. The summed E-state index contributed by atoms with van der Waals surface area (Å²) in [5, 5.41) is 8.01. The minimum Gasteiger partial charge on any atom is -0.376 e. The highest BCUT2D eigenvalue weighted by atomic mass is 16.5. The van der Waals surface area contributed by atoms with E-state index in [1.165, 1.54) is 18.5 Å². The van der Waals surface area contributed by atoms with E-state index in [1.54, 1.807) is 0 Å². The normalized spacial score (nSPS) is 28.8. The predicted molar refractivity (Wildman–Crippen MR) is 65.7 cm³/mol. The lowest BCUT2D eigenvalue weighted by atomic mass is 10.1. The first-order valence-electron chi connectivity index (χ1n) is 6.58. The first-order valence-corrected chi connectivity index (χ1v) is 6.58. The number of hydrogen-bond acceptors (Lipinski definition) is 3. The van der Waals surface area contributed by atoms with Crippen molar-refractivity contribution in [3.8, 4) is 0 Å². The Morgan fingerprint density at radius 1 is 1.47 bits per heavy atom. The molecule has 4 nitrogen and oxygen atoms in total. The van der Waals surface area contributed by atoms with Crippen molar-refractivity contribution in [2.75, 3.05) is 6.61 Å². The van der Waals surface area contributed by atoms with Gasteiger partial charge in [0, 0.05) is 26.2 Å². The zero-order valence-electron chi connectivity index (χ0n) is 10.6. The van der Waals surface area contributed by atoms with Gasteiger partial charge in [0.1, 0.15) is 0 Å². The van der Waals surface area contributed by atoms with E-state index >= 15 is 0 Å². The number of nitrogens with zero attached hydrogens (tertiary/aromatic N) is 2. The van der Waals surface area contributed by atoms with E-state index in [4.69, 9.17) is 4.74 Å². The Labute approximate surface area is 102 Å². The smallest absolute Gasteiger partial charge is 0.0757 e. The SMILES string of the molecule is Cc1cc(CNC2CCOC2C2CC2)n(C)n1. The molecule has 1 aromatic rings. The van der Waals surface area contributed by atoms with E-state index in [9.17, 15) is 0 Å². The number of hydrogen-bond donors (Lipinski definition) is 1. The van der Waals surface area contributed by atoms with Crippen LogP contribution in [0.1, 0.15) is 30.7 Å². The molecule has 2 unspecified atom stereocenters. The number of aromatic nitrogens is 2. The van der Waals surface area contributed by atoms with Gasteiger partial charge in [-0.1, -0.05) is 0 Å². The quantitative estimate of drug-likeness (QED) is 0.857. The van der Waals surface area contributed by atoms with Crippen LogP contribution >= 0.6 is 0 Å². The summed E-state index contributed by atoms with van der Waals surface area (Å²) in [7, 11) is 2.01. The van der Waals surface area contributed by atoms with Crippen molar-refractivity contribution in [1.82, 2.24) is 15.1 Å². The third kappa shape index (κ3) is 2.38. The molecule has 1 saturated heterocycles. The van der Waals surface area contributed by atoms with Crippen molar-refractivity contribution in [2.24, 2.45) is 13.0 Å². The van der Waals surface area contributed by atoms with E-state index in [-0.39, 0.29) is 0 Å². The van der Waals surface area contributed by atoms with E-state index in [0.717, 1.165) is 31.2 Å². The molecule has 1 aliphatic carbocycles. The lowest BCUT2D eigenvalue weighted by Crippen LogP contribution is -2.37. The summed E-state index contributed by atoms with van der Waals surface area (Å²) in [5.74, 6) is 0.822. The number of nitrogens with one attached hydrogen (secondary N) is 1. The van der Waals surface area contributed by atoms with Crippen molar-refractivity contribution in [2.45, 2.75) is 44.9 Å². The van der Waals surface area contributed by atoms with Crippen LogP contribution in [-0.2, 0) is 18.3 Å². The van der Waals surface area contributed by atoms with Crippen molar-refractivity contribution >= 4 is 0 Å². The van der Waals surface area contributed by atoms with Crippen LogP contribution in [0.25, 0.3) is 0 Å². The third-order valence-electron chi connectivity index (χ3n) is 3.87. The number of aryl methyl sites for hydroxylation is 2. The summed E-state index contributed by atoms with van der Waals surface area (Å²) in [6.07, 6.45) is 4.32. The van der Waals surface area contributed by atoms with E-state index in [2.05, 4.69) is 16.5 Å². The Hall–Kier alpha value is -0.870. The van der Waals surface area contributed by atoms with E-state index in [0.29, 0.717) is 12.1 Å². The molecule has 1 saturated carbocycles. The Bertz CT molecular complexity index is 397. The zero-order valence-corrected chi connectivity index (χ0v) is 10.6. The molecular weight excluding hydrogens is 214 g/mol. The summed E-state index contributed by atoms with van der Waals surface area (Å²) < 4.78 is 7.79. The molecule has 17 heavy (non-hydrogen) atoms. The second kappa shape index (κ2) is 4.42. The molecule has 2 fully saturated rings. The molecule has 2 heterocycles. The molecule has 2 aliphatic rings. The summed E-state index contributed by atoms with van der Waals surface area (Å²) in [6, 6.07) is 2.69. The summed E-state index contributed by atoms with van der Waals surface area (Å²) in [6.45, 7) is 3.85. The summed E-state index contributed by atoms with van der Waals surface area (Å²) in [4.78, 5) is 0. The van der Waals surface area contributed by atoms with Crippen LogP contribution in [-0.4, -0.2) is 28.5 Å². The zero-order chi connectivity index (χ0) is 11.8. The van der Waals surface area contributed by atoms with Gasteiger partial charge in [0.2, 0.25) is 0 Å². The first-order chi connectivity index (χ1) is 8.24. The van der Waals surface area contributed by atoms with Crippen LogP contribution in [0.3, 0.4) is 0 Å². The molecule has 0 bridgehead atoms. The highest BCUT2D eigenvalue weighted by molar-refractivity contribution is 5.08. The van der Waals surface area contributed by atoms with E-state index in [1.807, 2.05) is 18.7 Å². The van der Waals surface area contributed by atoms with Crippen LogP contribution in [0, 0.1) is 12.8 Å². The van der Waals surface area contributed by atoms with Crippen LogP contribution in [0.4, 0.5) is 0 Å². The molecule has 1 aliphatic heterocycles. The molecule has 0 radical (unpaired) electrons. The molecule has 94 valence electrons. The highest BCUT2D eigenvalue weighted by Crippen LogP contribution is 2.38. The van der Waals surface area contributed by atoms with Gasteiger partial charge in [-0.15, -0.1) is 0 Å². The second-order valence-electron chi connectivity index (χ2n) is 5.35. The maximum absolute atomic E-state index is 5.83. The molecule has 1 aromatic heterocycles. The second-order valence-corrected chi connectivity index (χ2v) is 5.35. The lowest BCUT2D eigenvalue weighted by Gasteiger charge is -2.19. The first kappa shape index (κ1) is 11.2. The lowest BCUT2D eigenvalue weighted by molar-refractivity contribution is 0.0807. The molecule has 0 aromatic carbocycles. The molecular formula is C13H21N3O. The third-order valence-corrected chi connectivity index (χ3v) is 3.87. The maximum Gasteiger partial charge on any atom is 0.0757 e. The topological polar surface area (TPSA) is 39.1 Å². The van der Waals surface area contributed by atoms with Crippen LogP contribution in [0.15, 0.2) is 6.07 Å². The molecule has 1 N–H and O–H groups in total. The van der Waals surface area contributed by atoms with Crippen molar-refractivity contribution in [3.63, 3.8) is 0 Å². The van der Waals surface area contributed by atoms with E-state index < -0.39 is 0 Å². The van der Waals surface area contributed by atoms with Crippen molar-refractivity contribution in [3.05, 3.63) is 17.5 Å². The van der Waals surface area contributed by atoms with Gasteiger partial charge in [-0.3, -0.25) is 4.68 Å². The molecule has 0 amide bonds. The number of rotatable bonds is 4. The van der Waals surface area contributed by atoms with Gasteiger partial charge in [0.05, 0.1) is 17.5 Å². The van der Waals surface area contributed by atoms with Gasteiger partial charge >= 0.3 is 0 Å². The monoisotopic (exact) mass is 235 g/mol. The predicted octanol–water partition coefficient (Wildman–Crippen LogP) is 1.39. The van der Waals surface area contributed by atoms with Crippen LogP contribution < -0.4 is 5.32 Å². The summed E-state index contributed by atoms with van der Waals surface area (Å²) >= 11 is 0. The molecule has 2 atom stereocenters. The van der Waals surface area contributed by atoms with Crippen LogP contribution in [0.5, 0.6) is 0 Å².